The molecule has 0 spiro atoms. The molecule has 0 saturated heterocycles. The van der Waals surface area contributed by atoms with Crippen molar-refractivity contribution in [3.63, 3.8) is 0 Å². The fraction of sp³-hybridized carbons (Fsp3) is 0.514. The molecule has 0 aliphatic heterocycles. The number of allylic oxidation sites excluding steroid dienone is 1. The Bertz CT molecular complexity index is 1290. The molecule has 0 N–H and O–H groups in total. The Morgan fingerprint density at radius 2 is 1.28 bits per heavy atom. The van der Waals surface area contributed by atoms with Gasteiger partial charge >= 0.3 is 11.9 Å². The predicted octanol–water partition coefficient (Wildman–Crippen LogP) is 8.08. The molecular formula is C35H48O8. The van der Waals surface area contributed by atoms with Crippen LogP contribution in [0.15, 0.2) is 36.4 Å². The molecule has 0 unspecified atom stereocenters. The summed E-state index contributed by atoms with van der Waals surface area (Å²) in [5.74, 6) is 0.926. The maximum absolute atomic E-state index is 13.1. The molecule has 0 saturated carbocycles. The van der Waals surface area contributed by atoms with Crippen LogP contribution in [-0.4, -0.2) is 37.9 Å². The van der Waals surface area contributed by atoms with Gasteiger partial charge in [0.05, 0.1) is 17.4 Å². The first kappa shape index (κ1) is 35.4. The van der Waals surface area contributed by atoms with Crippen molar-refractivity contribution in [1.29, 1.82) is 0 Å². The zero-order valence-electron chi connectivity index (χ0n) is 27.6. The molecule has 0 amide bonds. The van der Waals surface area contributed by atoms with Crippen LogP contribution in [0.25, 0.3) is 6.08 Å². The second-order valence-electron chi connectivity index (χ2n) is 13.0. The molecule has 0 aliphatic rings. The highest BCUT2D eigenvalue weighted by molar-refractivity contribution is 6.07. The number of ether oxygens (including phenoxy) is 5. The molecule has 8 nitrogen and oxygen atoms in total. The van der Waals surface area contributed by atoms with Crippen molar-refractivity contribution in [1.82, 2.24) is 0 Å². The molecule has 0 aromatic heterocycles. The number of esters is 2. The lowest BCUT2D eigenvalue weighted by molar-refractivity contribution is -0.160. The van der Waals surface area contributed by atoms with E-state index in [4.69, 9.17) is 23.7 Å². The zero-order chi connectivity index (χ0) is 32.5. The Hall–Kier alpha value is -3.81. The maximum Gasteiger partial charge on any atom is 0.314 e. The van der Waals surface area contributed by atoms with Gasteiger partial charge in [0.2, 0.25) is 13.6 Å². The Morgan fingerprint density at radius 1 is 0.744 bits per heavy atom. The van der Waals surface area contributed by atoms with Gasteiger partial charge in [-0.2, -0.15) is 0 Å². The monoisotopic (exact) mass is 596 g/mol. The Balaban J connectivity index is 2.33. The lowest BCUT2D eigenvalue weighted by Crippen LogP contribution is -2.25. The van der Waals surface area contributed by atoms with Gasteiger partial charge in [-0.25, -0.2) is 0 Å². The zero-order valence-corrected chi connectivity index (χ0v) is 27.6. The van der Waals surface area contributed by atoms with Crippen LogP contribution in [0.1, 0.15) is 115 Å². The Kier molecular flexibility index (Phi) is 12.4. The van der Waals surface area contributed by atoms with Crippen molar-refractivity contribution in [2.75, 3.05) is 20.2 Å². The summed E-state index contributed by atoms with van der Waals surface area (Å²) in [4.78, 5) is 37.3. The first-order valence-corrected chi connectivity index (χ1v) is 14.7. The van der Waals surface area contributed by atoms with Gasteiger partial charge in [0.1, 0.15) is 17.2 Å². The van der Waals surface area contributed by atoms with Crippen LogP contribution in [0, 0.1) is 10.8 Å². The van der Waals surface area contributed by atoms with Gasteiger partial charge in [-0.05, 0) is 108 Å². The number of carbonyl (C=O) groups excluding carboxylic acids is 3. The van der Waals surface area contributed by atoms with Crippen molar-refractivity contribution >= 4 is 23.8 Å². The maximum atomic E-state index is 13.1. The summed E-state index contributed by atoms with van der Waals surface area (Å²) in [5.41, 5.74) is 1.73. The average molecular weight is 597 g/mol. The van der Waals surface area contributed by atoms with Crippen LogP contribution >= 0.6 is 0 Å². The molecule has 43 heavy (non-hydrogen) atoms. The van der Waals surface area contributed by atoms with Gasteiger partial charge in [0.25, 0.3) is 0 Å². The van der Waals surface area contributed by atoms with E-state index in [9.17, 15) is 14.4 Å². The van der Waals surface area contributed by atoms with Crippen LogP contribution < -0.4 is 14.2 Å². The molecule has 0 bridgehead atoms. The normalized spacial score (nSPS) is 12.0. The number of hydrogen-bond acceptors (Lipinski definition) is 8. The van der Waals surface area contributed by atoms with E-state index < -0.39 is 10.8 Å². The molecule has 0 atom stereocenters. The van der Waals surface area contributed by atoms with Crippen LogP contribution in [0.5, 0.6) is 17.2 Å². The lowest BCUT2D eigenvalue weighted by Gasteiger charge is -2.25. The average Bonchev–Trinajstić information content (AvgIpc) is 2.91. The summed E-state index contributed by atoms with van der Waals surface area (Å²) < 4.78 is 28.2. The minimum atomic E-state index is -0.642. The summed E-state index contributed by atoms with van der Waals surface area (Å²) in [7, 11) is 0. The predicted molar refractivity (Wildman–Crippen MR) is 168 cm³/mol. The highest BCUT2D eigenvalue weighted by Gasteiger charge is 2.26. The molecule has 2 aromatic carbocycles. The molecule has 2 rings (SSSR count). The van der Waals surface area contributed by atoms with Gasteiger partial charge in [-0.15, -0.1) is 0 Å². The molecule has 0 radical (unpaired) electrons. The summed E-state index contributed by atoms with van der Waals surface area (Å²) in [6.45, 7) is 20.8. The van der Waals surface area contributed by atoms with E-state index in [0.717, 1.165) is 16.7 Å². The Morgan fingerprint density at radius 3 is 1.74 bits per heavy atom. The van der Waals surface area contributed by atoms with Crippen molar-refractivity contribution in [2.24, 2.45) is 10.8 Å². The summed E-state index contributed by atoms with van der Waals surface area (Å²) in [5, 5.41) is 0. The number of carbonyl (C=O) groups is 3. The highest BCUT2D eigenvalue weighted by Crippen LogP contribution is 2.44. The third kappa shape index (κ3) is 10.2. The van der Waals surface area contributed by atoms with Crippen molar-refractivity contribution in [3.05, 3.63) is 58.7 Å². The number of benzene rings is 2. The van der Waals surface area contributed by atoms with Crippen LogP contribution in [-0.2, 0) is 19.1 Å². The van der Waals surface area contributed by atoms with Gasteiger partial charge in [-0.3, -0.25) is 14.4 Å². The molecule has 236 valence electrons. The van der Waals surface area contributed by atoms with Crippen LogP contribution in [0.4, 0.5) is 0 Å². The highest BCUT2D eigenvalue weighted by atomic mass is 16.7. The van der Waals surface area contributed by atoms with E-state index in [2.05, 4.69) is 13.8 Å². The largest absolute Gasteiger partial charge is 0.493 e. The number of rotatable bonds is 13. The molecule has 0 aliphatic carbocycles. The smallest absolute Gasteiger partial charge is 0.314 e. The standard InChI is InChI=1S/C35H48O8/c1-12-39-30-25(15-18-28(36)24-13-16-26(17-14-24)40-20-42-32(37)34(6,7)8)19-27(22(2)3)31(29(30)23(4)5)41-21-43-33(38)35(9,10)11/h13-19,22-23H,12,20-21H2,1-11H3. The van der Waals surface area contributed by atoms with Crippen LogP contribution in [0.2, 0.25) is 0 Å². The first-order valence-electron chi connectivity index (χ1n) is 14.7. The van der Waals surface area contributed by atoms with E-state index >= 15 is 0 Å². The van der Waals surface area contributed by atoms with Gasteiger partial charge in [0.15, 0.2) is 5.78 Å². The third-order valence-corrected chi connectivity index (χ3v) is 6.40. The fourth-order valence-electron chi connectivity index (χ4n) is 3.96. The van der Waals surface area contributed by atoms with Gasteiger partial charge < -0.3 is 23.7 Å². The van der Waals surface area contributed by atoms with E-state index in [-0.39, 0.29) is 43.1 Å². The third-order valence-electron chi connectivity index (χ3n) is 6.40. The quantitative estimate of drug-likeness (QED) is 0.0991. The number of hydrogen-bond donors (Lipinski definition) is 0. The molecule has 0 fully saturated rings. The van der Waals surface area contributed by atoms with Crippen molar-refractivity contribution in [2.45, 2.75) is 88.0 Å². The van der Waals surface area contributed by atoms with Crippen molar-refractivity contribution in [3.8, 4) is 17.2 Å². The van der Waals surface area contributed by atoms with Gasteiger partial charge in [0, 0.05) is 16.7 Å². The topological polar surface area (TPSA) is 97.4 Å². The van der Waals surface area contributed by atoms with E-state index in [1.807, 2.05) is 26.8 Å². The first-order chi connectivity index (χ1) is 20.0. The minimum absolute atomic E-state index is 0.0200. The van der Waals surface area contributed by atoms with Crippen molar-refractivity contribution < 1.29 is 38.1 Å². The van der Waals surface area contributed by atoms with E-state index in [1.165, 1.54) is 6.08 Å². The lowest BCUT2D eigenvalue weighted by atomic mass is 9.90. The molecule has 8 heteroatoms. The summed E-state index contributed by atoms with van der Waals surface area (Å²) in [6, 6.07) is 8.59. The minimum Gasteiger partial charge on any atom is -0.493 e. The molecule has 0 heterocycles. The second-order valence-corrected chi connectivity index (χ2v) is 13.0. The Labute approximate surface area is 256 Å². The second kappa shape index (κ2) is 15.1. The number of ketones is 1. The van der Waals surface area contributed by atoms with Gasteiger partial charge in [-0.1, -0.05) is 27.7 Å². The summed E-state index contributed by atoms with van der Waals surface area (Å²) >= 11 is 0. The van der Waals surface area contributed by atoms with Crippen LogP contribution in [0.3, 0.4) is 0 Å². The SMILES string of the molecule is CCOc1c(C=CC(=O)c2ccc(OCOC(=O)C(C)(C)C)cc2)cc(C(C)C)c(OCOC(=O)C(C)(C)C)c1C(C)C. The van der Waals surface area contributed by atoms with E-state index in [0.29, 0.717) is 29.4 Å². The fourth-order valence-corrected chi connectivity index (χ4v) is 3.96. The summed E-state index contributed by atoms with van der Waals surface area (Å²) in [6.07, 6.45) is 3.27. The molecular weight excluding hydrogens is 548 g/mol. The molecule has 2 aromatic rings. The van der Waals surface area contributed by atoms with E-state index in [1.54, 1.807) is 71.9 Å².